The topological polar surface area (TPSA) is 72.1 Å². The minimum Gasteiger partial charge on any atom is -0.368 e. The highest BCUT2D eigenvalue weighted by atomic mass is 35.5. The molecule has 2 aromatic rings. The summed E-state index contributed by atoms with van der Waals surface area (Å²) in [6.45, 7) is 0.292. The van der Waals surface area contributed by atoms with Crippen molar-refractivity contribution in [1.29, 1.82) is 0 Å². The first-order valence-corrected chi connectivity index (χ1v) is 6.16. The van der Waals surface area contributed by atoms with Crippen molar-refractivity contribution in [1.82, 2.24) is 9.97 Å². The van der Waals surface area contributed by atoms with Gasteiger partial charge >= 0.3 is 0 Å². The van der Waals surface area contributed by atoms with Gasteiger partial charge in [-0.2, -0.15) is 4.98 Å². The van der Waals surface area contributed by atoms with Crippen molar-refractivity contribution < 1.29 is 9.18 Å². The molecule has 0 bridgehead atoms. The third-order valence-corrected chi connectivity index (χ3v) is 3.30. The lowest BCUT2D eigenvalue weighted by atomic mass is 10.2. The van der Waals surface area contributed by atoms with Crippen LogP contribution in [-0.2, 0) is 4.79 Å². The number of alkyl halides is 1. The van der Waals surface area contributed by atoms with Crippen LogP contribution in [0.3, 0.4) is 0 Å². The number of carbonyl (C=O) groups is 1. The van der Waals surface area contributed by atoms with E-state index in [4.69, 9.17) is 17.3 Å². The Labute approximate surface area is 113 Å². The molecule has 1 atom stereocenters. The van der Waals surface area contributed by atoms with Crippen LogP contribution in [0.1, 0.15) is 6.42 Å². The molecule has 0 aliphatic carbocycles. The molecule has 1 amide bonds. The number of fused-ring (bicyclic) bond motifs is 1. The molecule has 1 fully saturated rings. The third kappa shape index (κ3) is 1.98. The highest BCUT2D eigenvalue weighted by Gasteiger charge is 2.32. The first kappa shape index (κ1) is 12.1. The normalized spacial score (nSPS) is 19.4. The van der Waals surface area contributed by atoms with Gasteiger partial charge in [0.25, 0.3) is 0 Å². The van der Waals surface area contributed by atoms with E-state index in [-0.39, 0.29) is 34.9 Å². The maximum Gasteiger partial charge on any atom is 0.229 e. The van der Waals surface area contributed by atoms with Crippen molar-refractivity contribution in [3.63, 3.8) is 0 Å². The predicted octanol–water partition coefficient (Wildman–Crippen LogP) is 1.70. The van der Waals surface area contributed by atoms with E-state index in [2.05, 4.69) is 9.97 Å². The van der Waals surface area contributed by atoms with Crippen molar-refractivity contribution >= 4 is 40.2 Å². The highest BCUT2D eigenvalue weighted by Crippen LogP contribution is 2.31. The summed E-state index contributed by atoms with van der Waals surface area (Å²) in [5.74, 6) is -0.492. The Morgan fingerprint density at radius 1 is 1.42 bits per heavy atom. The maximum atomic E-state index is 14.0. The second kappa shape index (κ2) is 4.31. The second-order valence-corrected chi connectivity index (χ2v) is 4.96. The summed E-state index contributed by atoms with van der Waals surface area (Å²) < 4.78 is 14.0. The highest BCUT2D eigenvalue weighted by molar-refractivity contribution is 6.24. The van der Waals surface area contributed by atoms with Gasteiger partial charge in [-0.05, 0) is 12.1 Å². The number of nitrogens with zero attached hydrogens (tertiary/aromatic N) is 3. The molecule has 0 spiro atoms. The van der Waals surface area contributed by atoms with Crippen LogP contribution in [0.25, 0.3) is 10.9 Å². The Kier molecular flexibility index (Phi) is 2.74. The van der Waals surface area contributed by atoms with Crippen molar-refractivity contribution in [2.45, 2.75) is 11.8 Å². The van der Waals surface area contributed by atoms with Gasteiger partial charge in [0.1, 0.15) is 5.82 Å². The van der Waals surface area contributed by atoms with Crippen molar-refractivity contribution in [3.8, 4) is 0 Å². The molecule has 2 heterocycles. The van der Waals surface area contributed by atoms with Gasteiger partial charge in [0.15, 0.2) is 5.82 Å². The van der Waals surface area contributed by atoms with E-state index in [1.807, 2.05) is 0 Å². The summed E-state index contributed by atoms with van der Waals surface area (Å²) in [5.41, 5.74) is 5.98. The lowest BCUT2D eigenvalue weighted by Gasteiger charge is -2.17. The molecule has 7 heteroatoms. The number of carbonyl (C=O) groups excluding carboxylic acids is 1. The van der Waals surface area contributed by atoms with E-state index in [1.165, 1.54) is 17.0 Å². The molecule has 1 unspecified atom stereocenters. The molecule has 1 aliphatic heterocycles. The van der Waals surface area contributed by atoms with Crippen LogP contribution in [0.15, 0.2) is 18.2 Å². The molecule has 2 N–H and O–H groups in total. The first-order valence-electron chi connectivity index (χ1n) is 5.72. The molecule has 1 aromatic heterocycles. The Bertz CT molecular complexity index is 678. The number of rotatable bonds is 1. The fourth-order valence-electron chi connectivity index (χ4n) is 2.20. The van der Waals surface area contributed by atoms with Gasteiger partial charge in [0.2, 0.25) is 11.9 Å². The van der Waals surface area contributed by atoms with Gasteiger partial charge in [-0.3, -0.25) is 9.69 Å². The molecule has 3 rings (SSSR count). The van der Waals surface area contributed by atoms with E-state index in [9.17, 15) is 9.18 Å². The Morgan fingerprint density at radius 2 is 2.21 bits per heavy atom. The smallest absolute Gasteiger partial charge is 0.229 e. The van der Waals surface area contributed by atoms with Crippen LogP contribution >= 0.6 is 11.6 Å². The summed E-state index contributed by atoms with van der Waals surface area (Å²) in [4.78, 5) is 21.2. The number of hydrogen-bond acceptors (Lipinski definition) is 4. The van der Waals surface area contributed by atoms with Gasteiger partial charge in [0.05, 0.1) is 16.3 Å². The van der Waals surface area contributed by atoms with E-state index in [0.29, 0.717) is 12.1 Å². The number of aromatic nitrogens is 2. The lowest BCUT2D eigenvalue weighted by molar-refractivity contribution is -0.117. The molecular weight excluding hydrogens is 271 g/mol. The fraction of sp³-hybridized carbons (Fsp3) is 0.250. The molecule has 0 saturated carbocycles. The maximum absolute atomic E-state index is 14.0. The zero-order chi connectivity index (χ0) is 13.6. The van der Waals surface area contributed by atoms with Gasteiger partial charge in [-0.25, -0.2) is 9.37 Å². The van der Waals surface area contributed by atoms with Gasteiger partial charge in [-0.1, -0.05) is 6.07 Å². The average Bonchev–Trinajstić information content (AvgIpc) is 2.67. The van der Waals surface area contributed by atoms with Crippen LogP contribution in [-0.4, -0.2) is 27.8 Å². The minimum absolute atomic E-state index is 0.000998. The quantitative estimate of drug-likeness (QED) is 0.807. The van der Waals surface area contributed by atoms with Gasteiger partial charge < -0.3 is 5.73 Å². The zero-order valence-electron chi connectivity index (χ0n) is 9.81. The molecule has 5 nitrogen and oxygen atoms in total. The average molecular weight is 281 g/mol. The Hall–Kier alpha value is -1.95. The van der Waals surface area contributed by atoms with Crippen LogP contribution < -0.4 is 10.6 Å². The summed E-state index contributed by atoms with van der Waals surface area (Å²) in [6, 6.07) is 4.45. The number of nitrogens with two attached hydrogens (primary N) is 1. The fourth-order valence-corrected chi connectivity index (χ4v) is 2.47. The van der Waals surface area contributed by atoms with E-state index < -0.39 is 5.82 Å². The standard InChI is InChI=1S/C12H10ClFN4O/c13-6-4-9(19)18(5-6)11-10-7(14)2-1-3-8(10)16-12(15)17-11/h1-3,6H,4-5H2,(H2,15,16,17). The molecule has 0 radical (unpaired) electrons. The minimum atomic E-state index is -0.488. The molecule has 98 valence electrons. The SMILES string of the molecule is Nc1nc(N2CC(Cl)CC2=O)c2c(F)cccc2n1. The van der Waals surface area contributed by atoms with Crippen molar-refractivity contribution in [2.24, 2.45) is 0 Å². The largest absolute Gasteiger partial charge is 0.368 e. The summed E-state index contributed by atoms with van der Waals surface area (Å²) in [7, 11) is 0. The van der Waals surface area contributed by atoms with Crippen LogP contribution in [0.2, 0.25) is 0 Å². The molecule has 1 aliphatic rings. The summed E-state index contributed by atoms with van der Waals surface area (Å²) in [6.07, 6.45) is 0.210. The number of halogens is 2. The summed E-state index contributed by atoms with van der Waals surface area (Å²) >= 11 is 5.95. The first-order chi connectivity index (χ1) is 9.06. The number of hydrogen-bond donors (Lipinski definition) is 1. The zero-order valence-corrected chi connectivity index (χ0v) is 10.6. The van der Waals surface area contributed by atoms with Crippen molar-refractivity contribution in [2.75, 3.05) is 17.2 Å². The van der Waals surface area contributed by atoms with Gasteiger partial charge in [-0.15, -0.1) is 11.6 Å². The predicted molar refractivity (Wildman–Crippen MR) is 70.5 cm³/mol. The molecule has 1 saturated heterocycles. The van der Waals surface area contributed by atoms with Crippen LogP contribution in [0.4, 0.5) is 16.2 Å². The number of amides is 1. The number of nitrogen functional groups attached to an aromatic ring is 1. The lowest BCUT2D eigenvalue weighted by Crippen LogP contribution is -2.26. The molecular formula is C12H10ClFN4O. The van der Waals surface area contributed by atoms with E-state index in [1.54, 1.807) is 6.07 Å². The third-order valence-electron chi connectivity index (χ3n) is 3.00. The molecule has 19 heavy (non-hydrogen) atoms. The van der Waals surface area contributed by atoms with Crippen LogP contribution in [0.5, 0.6) is 0 Å². The van der Waals surface area contributed by atoms with Crippen LogP contribution in [0, 0.1) is 5.82 Å². The van der Waals surface area contributed by atoms with E-state index in [0.717, 1.165) is 0 Å². The second-order valence-electron chi connectivity index (χ2n) is 4.35. The monoisotopic (exact) mass is 280 g/mol. The molecule has 1 aromatic carbocycles. The number of anilines is 2. The Morgan fingerprint density at radius 3 is 2.89 bits per heavy atom. The Balaban J connectivity index is 2.25. The van der Waals surface area contributed by atoms with E-state index >= 15 is 0 Å². The van der Waals surface area contributed by atoms with Gasteiger partial charge in [0, 0.05) is 13.0 Å². The summed E-state index contributed by atoms with van der Waals surface area (Å²) in [5, 5.41) is -0.110. The number of benzene rings is 1. The van der Waals surface area contributed by atoms with Crippen molar-refractivity contribution in [3.05, 3.63) is 24.0 Å².